The third-order valence-corrected chi connectivity index (χ3v) is 10.0. The average molecular weight is 561 g/mol. The van der Waals surface area contributed by atoms with Gasteiger partial charge in [-0.15, -0.1) is 0 Å². The first kappa shape index (κ1) is 31.6. The first-order chi connectivity index (χ1) is 19.3. The van der Waals surface area contributed by atoms with Crippen molar-refractivity contribution in [2.24, 2.45) is 11.3 Å². The third kappa shape index (κ3) is 9.04. The number of carbonyl (C=O) groups is 1. The van der Waals surface area contributed by atoms with Crippen LogP contribution in [0.3, 0.4) is 0 Å². The Bertz CT molecular complexity index is 1180. The molecule has 0 aliphatic heterocycles. The van der Waals surface area contributed by atoms with Crippen LogP contribution in [0.1, 0.15) is 71.3 Å². The summed E-state index contributed by atoms with van der Waals surface area (Å²) in [6, 6.07) is 28.9. The molecule has 0 aliphatic carbocycles. The van der Waals surface area contributed by atoms with Gasteiger partial charge in [-0.3, -0.25) is 9.36 Å². The molecule has 214 valence electrons. The molecule has 3 rings (SSSR count). The molecule has 0 saturated carbocycles. The van der Waals surface area contributed by atoms with Crippen molar-refractivity contribution in [3.05, 3.63) is 109 Å². The second-order valence-electron chi connectivity index (χ2n) is 11.1. The molecule has 3 aromatic rings. The van der Waals surface area contributed by atoms with Gasteiger partial charge in [0.2, 0.25) is 0 Å². The third-order valence-electron chi connectivity index (χ3n) is 7.52. The van der Waals surface area contributed by atoms with Crippen LogP contribution in [0.15, 0.2) is 103 Å². The molecule has 40 heavy (non-hydrogen) atoms. The topological polar surface area (TPSA) is 52.6 Å². The summed E-state index contributed by atoms with van der Waals surface area (Å²) in [7, 11) is -3.32. The number of hydrogen-bond acceptors (Lipinski definition) is 4. The molecule has 0 spiro atoms. The van der Waals surface area contributed by atoms with Crippen molar-refractivity contribution < 1.29 is 18.6 Å². The first-order valence-corrected chi connectivity index (χ1v) is 16.1. The number of carbonyl (C=O) groups excluding carboxylic acids is 1. The van der Waals surface area contributed by atoms with Gasteiger partial charge in [-0.1, -0.05) is 99.7 Å². The van der Waals surface area contributed by atoms with Crippen molar-refractivity contribution in [1.82, 2.24) is 0 Å². The van der Waals surface area contributed by atoms with E-state index in [1.807, 2.05) is 80.6 Å². The fourth-order valence-corrected chi connectivity index (χ4v) is 6.86. The Morgan fingerprint density at radius 2 is 1.40 bits per heavy atom. The van der Waals surface area contributed by atoms with Crippen molar-refractivity contribution in [2.45, 2.75) is 65.7 Å². The van der Waals surface area contributed by atoms with Gasteiger partial charge in [-0.05, 0) is 80.7 Å². The number of esters is 1. The Morgan fingerprint density at radius 3 is 1.93 bits per heavy atom. The maximum Gasteiger partial charge on any atom is 0.311 e. The van der Waals surface area contributed by atoms with E-state index < -0.39 is 12.8 Å². The highest BCUT2D eigenvalue weighted by Crippen LogP contribution is 2.44. The summed E-state index contributed by atoms with van der Waals surface area (Å²) in [6.45, 7) is 8.61. The lowest BCUT2D eigenvalue weighted by molar-refractivity contribution is -0.156. The van der Waals surface area contributed by atoms with Crippen molar-refractivity contribution in [1.29, 1.82) is 0 Å². The van der Waals surface area contributed by atoms with E-state index in [9.17, 15) is 9.36 Å². The van der Waals surface area contributed by atoms with E-state index in [1.54, 1.807) is 0 Å². The Labute approximate surface area is 241 Å². The number of hydrogen-bond donors (Lipinski definition) is 0. The monoisotopic (exact) mass is 560 g/mol. The lowest BCUT2D eigenvalue weighted by atomic mass is 9.75. The van der Waals surface area contributed by atoms with Crippen molar-refractivity contribution in [2.75, 3.05) is 13.2 Å². The number of benzene rings is 3. The van der Waals surface area contributed by atoms with Crippen LogP contribution in [0, 0.1) is 11.3 Å². The smallest absolute Gasteiger partial charge is 0.311 e. The molecule has 5 heteroatoms. The van der Waals surface area contributed by atoms with E-state index >= 15 is 0 Å². The summed E-state index contributed by atoms with van der Waals surface area (Å²) in [5.74, 6) is 0.658. The fraction of sp³-hybridized carbons (Fsp3) is 0.400. The van der Waals surface area contributed by atoms with Crippen LogP contribution in [0.25, 0.3) is 0 Å². The molecule has 0 bridgehead atoms. The molecule has 0 heterocycles. The zero-order valence-electron chi connectivity index (χ0n) is 24.5. The molecule has 2 atom stereocenters. The van der Waals surface area contributed by atoms with Gasteiger partial charge in [0.25, 0.3) is 7.37 Å². The van der Waals surface area contributed by atoms with Gasteiger partial charge in [0.1, 0.15) is 6.61 Å². The predicted octanol–water partition coefficient (Wildman–Crippen LogP) is 8.45. The Hall–Kier alpha value is -2.94. The van der Waals surface area contributed by atoms with Crippen LogP contribution in [0.2, 0.25) is 0 Å². The number of rotatable bonds is 16. The maximum atomic E-state index is 14.0. The number of allylic oxidation sites excluding steroid dienone is 2. The summed E-state index contributed by atoms with van der Waals surface area (Å²) < 4.78 is 25.8. The largest absolute Gasteiger partial charge is 0.463 e. The Morgan fingerprint density at radius 1 is 0.850 bits per heavy atom. The van der Waals surface area contributed by atoms with Gasteiger partial charge < -0.3 is 9.26 Å². The quantitative estimate of drug-likeness (QED) is 0.0763. The highest BCUT2D eigenvalue weighted by molar-refractivity contribution is 7.74. The molecule has 4 nitrogen and oxygen atoms in total. The van der Waals surface area contributed by atoms with Crippen LogP contribution in [0.4, 0.5) is 0 Å². The Balaban J connectivity index is 1.65. The van der Waals surface area contributed by atoms with Crippen LogP contribution in [0.5, 0.6) is 0 Å². The summed E-state index contributed by atoms with van der Waals surface area (Å²) in [6.07, 6.45) is 9.02. The van der Waals surface area contributed by atoms with E-state index in [4.69, 9.17) is 9.26 Å². The van der Waals surface area contributed by atoms with Crippen molar-refractivity contribution in [3.8, 4) is 0 Å². The second-order valence-corrected chi connectivity index (χ2v) is 13.5. The van der Waals surface area contributed by atoms with Gasteiger partial charge >= 0.3 is 5.97 Å². The SMILES string of the molecule is CCC(C)(CC(C/C=C/CCC(C)C)c1ccccc1)C(=O)OCCOP(=O)(c1ccccc1)c1ccccc1. The van der Waals surface area contributed by atoms with Crippen molar-refractivity contribution >= 4 is 23.9 Å². The molecule has 3 aromatic carbocycles. The summed E-state index contributed by atoms with van der Waals surface area (Å²) in [5.41, 5.74) is 0.591. The van der Waals surface area contributed by atoms with Crippen molar-refractivity contribution in [3.63, 3.8) is 0 Å². The molecule has 2 unspecified atom stereocenters. The van der Waals surface area contributed by atoms with Crippen LogP contribution in [-0.2, 0) is 18.6 Å². The lowest BCUT2D eigenvalue weighted by Crippen LogP contribution is -2.32. The first-order valence-electron chi connectivity index (χ1n) is 14.5. The standard InChI is InChI=1S/C35H45O4P/c1-5-35(4,28-31(30-19-11-7-12-20-30)21-13-6-10-18-29(2)3)34(36)38-26-27-39-40(37,32-22-14-8-15-23-32)33-24-16-9-17-25-33/h6-9,11-17,19-20,22-25,29,31H,5,10,18,21,26-28H2,1-4H3/b13-6+. The van der Waals surface area contributed by atoms with Crippen LogP contribution < -0.4 is 10.6 Å². The second kappa shape index (κ2) is 15.7. The van der Waals surface area contributed by atoms with E-state index in [1.165, 1.54) is 12.0 Å². The minimum Gasteiger partial charge on any atom is -0.463 e. The van der Waals surface area contributed by atoms with E-state index in [0.29, 0.717) is 29.4 Å². The minimum atomic E-state index is -3.32. The molecule has 0 N–H and O–H groups in total. The maximum absolute atomic E-state index is 14.0. The van der Waals surface area contributed by atoms with Gasteiger partial charge in [0, 0.05) is 10.6 Å². The molecule has 0 aliphatic rings. The molecule has 0 amide bonds. The average Bonchev–Trinajstić information content (AvgIpc) is 2.99. The summed E-state index contributed by atoms with van der Waals surface area (Å²) >= 11 is 0. The van der Waals surface area contributed by atoms with Gasteiger partial charge in [-0.2, -0.15) is 0 Å². The van der Waals surface area contributed by atoms with E-state index in [-0.39, 0.29) is 25.1 Å². The summed E-state index contributed by atoms with van der Waals surface area (Å²) in [5, 5.41) is 1.25. The zero-order valence-corrected chi connectivity index (χ0v) is 25.4. The lowest BCUT2D eigenvalue weighted by Gasteiger charge is -2.30. The van der Waals surface area contributed by atoms with E-state index in [2.05, 4.69) is 50.3 Å². The highest BCUT2D eigenvalue weighted by atomic mass is 31.2. The normalized spacial score (nSPS) is 14.2. The molecule has 0 aromatic heterocycles. The van der Waals surface area contributed by atoms with Crippen LogP contribution >= 0.6 is 7.37 Å². The van der Waals surface area contributed by atoms with E-state index in [0.717, 1.165) is 12.8 Å². The fourth-order valence-electron chi connectivity index (χ4n) is 4.81. The summed E-state index contributed by atoms with van der Waals surface area (Å²) in [4.78, 5) is 13.4. The Kier molecular flexibility index (Phi) is 12.4. The molecule has 0 fully saturated rings. The molecular weight excluding hydrogens is 515 g/mol. The number of ether oxygens (including phenoxy) is 1. The van der Waals surface area contributed by atoms with Gasteiger partial charge in [-0.25, -0.2) is 0 Å². The van der Waals surface area contributed by atoms with Crippen LogP contribution in [-0.4, -0.2) is 19.2 Å². The zero-order chi connectivity index (χ0) is 28.8. The molecule has 0 radical (unpaired) electrons. The predicted molar refractivity (Wildman–Crippen MR) is 167 cm³/mol. The highest BCUT2D eigenvalue weighted by Gasteiger charge is 2.36. The van der Waals surface area contributed by atoms with Gasteiger partial charge in [0.05, 0.1) is 12.0 Å². The molecular formula is C35H45O4P. The minimum absolute atomic E-state index is 0.0448. The van der Waals surface area contributed by atoms with Gasteiger partial charge in [0.15, 0.2) is 0 Å². The molecule has 0 saturated heterocycles.